The molecule has 1 heterocycles. The van der Waals surface area contributed by atoms with Crippen LogP contribution in [-0.4, -0.2) is 27.0 Å². The molecule has 1 rings (SSSR count). The Morgan fingerprint density at radius 1 is 1.45 bits per heavy atom. The summed E-state index contributed by atoms with van der Waals surface area (Å²) in [5.41, 5.74) is -0.971. The van der Waals surface area contributed by atoms with Gasteiger partial charge in [-0.3, -0.25) is 4.18 Å². The Morgan fingerprint density at radius 3 is 2.36 bits per heavy atom. The Balaban J connectivity index is 2.80. The van der Waals surface area contributed by atoms with Crippen LogP contribution in [0.4, 0.5) is 0 Å². The molecule has 1 fully saturated rings. The molecular weight excluding hydrogens is 172 g/mol. The van der Waals surface area contributed by atoms with Gasteiger partial charge in [-0.1, -0.05) is 0 Å². The highest BCUT2D eigenvalue weighted by Crippen LogP contribution is 2.34. The van der Waals surface area contributed by atoms with Crippen LogP contribution in [0.3, 0.4) is 0 Å². The lowest BCUT2D eigenvalue weighted by Gasteiger charge is -2.38. The molecule has 66 valence electrons. The van der Waals surface area contributed by atoms with Crippen molar-refractivity contribution in [3.63, 3.8) is 0 Å². The zero-order valence-electron chi connectivity index (χ0n) is 6.23. The fourth-order valence-electron chi connectivity index (χ4n) is 0.521. The first-order valence-electron chi connectivity index (χ1n) is 3.04. The molecule has 0 aliphatic carbocycles. The highest BCUT2D eigenvalue weighted by Gasteiger charge is 2.50. The molecule has 5 nitrogen and oxygen atoms in total. The number of hydrogen-bond acceptors (Lipinski definition) is 5. The van der Waals surface area contributed by atoms with E-state index < -0.39 is 22.7 Å². The van der Waals surface area contributed by atoms with Gasteiger partial charge in [0.25, 0.3) is 0 Å². The lowest BCUT2D eigenvalue weighted by Crippen LogP contribution is -2.53. The van der Waals surface area contributed by atoms with Gasteiger partial charge in [-0.15, -0.1) is 0 Å². The molecule has 0 bridgehead atoms. The Kier molecular flexibility index (Phi) is 2.06. The average molecular weight is 182 g/mol. The smallest absolute Gasteiger partial charge is 0.309 e. The van der Waals surface area contributed by atoms with Gasteiger partial charge in [0.05, 0.1) is 12.0 Å². The molecule has 0 aromatic rings. The van der Waals surface area contributed by atoms with E-state index in [-0.39, 0.29) is 6.61 Å². The molecule has 1 aliphatic rings. The minimum absolute atomic E-state index is 0.0212. The van der Waals surface area contributed by atoms with Crippen molar-refractivity contribution in [2.24, 2.45) is 5.41 Å². The highest BCUT2D eigenvalue weighted by molar-refractivity contribution is 7.75. The number of hydrogen-bond donors (Lipinski definition) is 2. The van der Waals surface area contributed by atoms with Crippen LogP contribution in [0.15, 0.2) is 0 Å². The summed E-state index contributed by atoms with van der Waals surface area (Å²) in [6.07, 6.45) is 0. The summed E-state index contributed by atoms with van der Waals surface area (Å²) < 4.78 is 19.3. The minimum Gasteiger partial charge on any atom is -0.342 e. The van der Waals surface area contributed by atoms with Crippen molar-refractivity contribution in [1.82, 2.24) is 0 Å². The van der Waals surface area contributed by atoms with Crippen molar-refractivity contribution in [1.29, 1.82) is 0 Å². The molecule has 0 saturated carbocycles. The van der Waals surface area contributed by atoms with E-state index in [4.69, 9.17) is 10.2 Å². The predicted octanol–water partition coefficient (Wildman–Crippen LogP) is -0.723. The van der Waals surface area contributed by atoms with Crippen LogP contribution < -0.4 is 0 Å². The van der Waals surface area contributed by atoms with E-state index in [1.54, 1.807) is 0 Å². The normalized spacial score (nSPS) is 35.1. The molecule has 0 radical (unpaired) electrons. The van der Waals surface area contributed by atoms with Crippen molar-refractivity contribution >= 4 is 11.4 Å². The van der Waals surface area contributed by atoms with Gasteiger partial charge in [0, 0.05) is 0 Å². The number of aliphatic hydroxyl groups is 2. The third kappa shape index (κ3) is 1.60. The topological polar surface area (TPSA) is 76.0 Å². The maximum atomic E-state index is 10.5. The summed E-state index contributed by atoms with van der Waals surface area (Å²) in [6, 6.07) is 0. The average Bonchev–Trinajstić information content (AvgIpc) is 1.80. The van der Waals surface area contributed by atoms with Crippen molar-refractivity contribution < 1.29 is 22.8 Å². The fourth-order valence-corrected chi connectivity index (χ4v) is 1.38. The largest absolute Gasteiger partial charge is 0.342 e. The zero-order chi connectivity index (χ0) is 8.70. The van der Waals surface area contributed by atoms with Gasteiger partial charge >= 0.3 is 17.3 Å². The van der Waals surface area contributed by atoms with E-state index in [1.807, 2.05) is 0 Å². The van der Waals surface area contributed by atoms with Gasteiger partial charge in [0.1, 0.15) is 0 Å². The van der Waals surface area contributed by atoms with Crippen LogP contribution in [0.5, 0.6) is 0 Å². The lowest BCUT2D eigenvalue weighted by atomic mass is 9.92. The van der Waals surface area contributed by atoms with E-state index in [0.29, 0.717) is 0 Å². The highest BCUT2D eigenvalue weighted by atomic mass is 32.2. The van der Waals surface area contributed by atoms with Crippen LogP contribution in [0.1, 0.15) is 13.8 Å². The summed E-state index contributed by atoms with van der Waals surface area (Å²) >= 11 is -2.06. The van der Waals surface area contributed by atoms with Crippen molar-refractivity contribution in [2.45, 2.75) is 19.8 Å². The van der Waals surface area contributed by atoms with E-state index in [1.165, 1.54) is 13.8 Å². The molecule has 11 heavy (non-hydrogen) atoms. The van der Waals surface area contributed by atoms with Crippen LogP contribution in [0.25, 0.3) is 0 Å². The van der Waals surface area contributed by atoms with Crippen molar-refractivity contribution in [2.75, 3.05) is 6.61 Å². The van der Waals surface area contributed by atoms with Gasteiger partial charge < -0.3 is 10.2 Å². The quantitative estimate of drug-likeness (QED) is 0.483. The van der Waals surface area contributed by atoms with Gasteiger partial charge in [-0.25, -0.2) is 4.18 Å². The Bertz CT molecular complexity index is 187. The lowest BCUT2D eigenvalue weighted by molar-refractivity contribution is -0.363. The molecular formula is C5H10O5S. The second kappa shape index (κ2) is 2.49. The van der Waals surface area contributed by atoms with Gasteiger partial charge in [0.2, 0.25) is 0 Å². The standard InChI is InChI=1S/C5H10O5S/c1-4(2)3-9-11(8)10-5(4,6)7/h6-7H,3H2,1-2H3. The molecule has 1 atom stereocenters. The maximum Gasteiger partial charge on any atom is 0.309 e. The summed E-state index contributed by atoms with van der Waals surface area (Å²) in [4.78, 5) is 0. The molecule has 1 aliphatic heterocycles. The van der Waals surface area contributed by atoms with Crippen LogP contribution in [0, 0.1) is 5.41 Å². The second-order valence-corrected chi connectivity index (χ2v) is 3.85. The van der Waals surface area contributed by atoms with Crippen LogP contribution in [0.2, 0.25) is 0 Å². The SMILES string of the molecule is CC1(C)COS(=O)OC1(O)O. The Morgan fingerprint density at radius 2 is 2.00 bits per heavy atom. The van der Waals surface area contributed by atoms with E-state index >= 15 is 0 Å². The third-order valence-electron chi connectivity index (χ3n) is 1.58. The predicted molar refractivity (Wildman–Crippen MR) is 36.1 cm³/mol. The Hall–Kier alpha value is -0.0100. The van der Waals surface area contributed by atoms with E-state index in [0.717, 1.165) is 0 Å². The van der Waals surface area contributed by atoms with Gasteiger partial charge in [-0.2, -0.15) is 4.21 Å². The molecule has 0 aromatic carbocycles. The van der Waals surface area contributed by atoms with Crippen LogP contribution >= 0.6 is 0 Å². The van der Waals surface area contributed by atoms with Gasteiger partial charge in [0.15, 0.2) is 0 Å². The van der Waals surface area contributed by atoms with Gasteiger partial charge in [-0.05, 0) is 13.8 Å². The summed E-state index contributed by atoms with van der Waals surface area (Å²) in [5, 5.41) is 18.3. The summed E-state index contributed by atoms with van der Waals surface area (Å²) in [6.45, 7) is 3.04. The van der Waals surface area contributed by atoms with E-state index in [9.17, 15) is 4.21 Å². The maximum absolute atomic E-state index is 10.5. The van der Waals surface area contributed by atoms with Crippen molar-refractivity contribution in [3.05, 3.63) is 0 Å². The molecule has 2 N–H and O–H groups in total. The first-order valence-corrected chi connectivity index (χ1v) is 4.04. The van der Waals surface area contributed by atoms with Crippen molar-refractivity contribution in [3.8, 4) is 0 Å². The molecule has 1 saturated heterocycles. The molecule has 0 spiro atoms. The fraction of sp³-hybridized carbons (Fsp3) is 1.00. The first-order chi connectivity index (χ1) is 4.85. The second-order valence-electron chi connectivity index (χ2n) is 3.04. The molecule has 0 aromatic heterocycles. The molecule has 0 amide bonds. The third-order valence-corrected chi connectivity index (χ3v) is 2.26. The zero-order valence-corrected chi connectivity index (χ0v) is 7.05. The number of rotatable bonds is 0. The molecule has 1 unspecified atom stereocenters. The first kappa shape index (κ1) is 9.08. The van der Waals surface area contributed by atoms with E-state index in [2.05, 4.69) is 8.37 Å². The van der Waals surface area contributed by atoms with Crippen LogP contribution in [-0.2, 0) is 19.7 Å². The molecule has 6 heteroatoms. The Labute approximate surface area is 66.8 Å². The monoisotopic (exact) mass is 182 g/mol. The summed E-state index contributed by atoms with van der Waals surface area (Å²) in [7, 11) is 0. The minimum atomic E-state index is -2.38. The summed E-state index contributed by atoms with van der Waals surface area (Å²) in [5.74, 6) is -2.38.